The van der Waals surface area contributed by atoms with Gasteiger partial charge in [0.25, 0.3) is 5.91 Å². The first-order valence-electron chi connectivity index (χ1n) is 17.2. The van der Waals surface area contributed by atoms with Gasteiger partial charge in [0.1, 0.15) is 23.5 Å². The molecular formula is C39H39ClN8O5. The number of carbonyl (C=O) groups excluding carboxylic acids is 3. The summed E-state index contributed by atoms with van der Waals surface area (Å²) >= 11 is 6.20. The Hall–Kier alpha value is -5.86. The SMILES string of the molecule is CN1CCN(C(=O)N[C@@H](C(=O)N2CCOC[C@H]2C(=O)Nc2ccc(C#Cc3cn(CCC#N)nc3-c3cc(Cl)ccc3O)cc2)c2ccccc2)CC1. The molecule has 0 spiro atoms. The van der Waals surface area contributed by atoms with Crippen molar-refractivity contribution in [1.82, 2.24) is 29.8 Å². The van der Waals surface area contributed by atoms with E-state index >= 15 is 0 Å². The van der Waals surface area contributed by atoms with E-state index in [0.29, 0.717) is 58.3 Å². The molecule has 6 rings (SSSR count). The van der Waals surface area contributed by atoms with E-state index in [1.807, 2.05) is 25.2 Å². The number of nitrogens with one attached hydrogen (secondary N) is 2. The fourth-order valence-corrected chi connectivity index (χ4v) is 6.27. The highest BCUT2D eigenvalue weighted by Crippen LogP contribution is 2.33. The van der Waals surface area contributed by atoms with Gasteiger partial charge in [-0.05, 0) is 55.1 Å². The Morgan fingerprint density at radius 2 is 1.77 bits per heavy atom. The number of hydrogen-bond acceptors (Lipinski definition) is 8. The van der Waals surface area contributed by atoms with Crippen molar-refractivity contribution in [2.75, 3.05) is 58.3 Å². The fourth-order valence-electron chi connectivity index (χ4n) is 6.10. The van der Waals surface area contributed by atoms with Crippen molar-refractivity contribution in [3.05, 3.63) is 101 Å². The van der Waals surface area contributed by atoms with Crippen molar-refractivity contribution >= 4 is 35.1 Å². The van der Waals surface area contributed by atoms with Gasteiger partial charge in [-0.3, -0.25) is 14.3 Å². The van der Waals surface area contributed by atoms with Crippen molar-refractivity contribution in [1.29, 1.82) is 5.26 Å². The summed E-state index contributed by atoms with van der Waals surface area (Å²) in [5, 5.41) is 30.3. The number of aromatic hydroxyl groups is 1. The summed E-state index contributed by atoms with van der Waals surface area (Å²) in [6, 6.07) is 20.5. The molecule has 3 aromatic carbocycles. The molecule has 4 aromatic rings. The molecule has 2 saturated heterocycles. The fraction of sp³-hybridized carbons (Fsp3) is 0.308. The van der Waals surface area contributed by atoms with Gasteiger partial charge in [-0.15, -0.1) is 0 Å². The van der Waals surface area contributed by atoms with Crippen LogP contribution in [0.3, 0.4) is 0 Å². The average Bonchev–Trinajstić information content (AvgIpc) is 3.59. The zero-order valence-electron chi connectivity index (χ0n) is 29.2. The van der Waals surface area contributed by atoms with Crippen LogP contribution in [-0.2, 0) is 20.9 Å². The molecule has 14 heteroatoms. The van der Waals surface area contributed by atoms with Gasteiger partial charge in [0, 0.05) is 60.8 Å². The quantitative estimate of drug-likeness (QED) is 0.229. The molecule has 3 heterocycles. The van der Waals surface area contributed by atoms with Crippen LogP contribution < -0.4 is 10.6 Å². The van der Waals surface area contributed by atoms with Crippen LogP contribution in [0.1, 0.15) is 29.2 Å². The number of nitriles is 1. The van der Waals surface area contributed by atoms with Gasteiger partial charge >= 0.3 is 6.03 Å². The number of urea groups is 1. The third-order valence-corrected chi connectivity index (χ3v) is 9.31. The van der Waals surface area contributed by atoms with Crippen LogP contribution in [0.15, 0.2) is 79.0 Å². The normalized spacial score (nSPS) is 16.5. The topological polar surface area (TPSA) is 156 Å². The number of halogens is 1. The van der Waals surface area contributed by atoms with E-state index in [9.17, 15) is 19.5 Å². The largest absolute Gasteiger partial charge is 0.507 e. The van der Waals surface area contributed by atoms with Crippen molar-refractivity contribution < 1.29 is 24.2 Å². The lowest BCUT2D eigenvalue weighted by atomic mass is 10.0. The Balaban J connectivity index is 1.16. The molecule has 4 amide bonds. The number of phenolic OH excluding ortho intramolecular Hbond substituents is 1. The maximum Gasteiger partial charge on any atom is 0.318 e. The van der Waals surface area contributed by atoms with Crippen LogP contribution in [0, 0.1) is 23.2 Å². The number of carbonyl (C=O) groups is 3. The van der Waals surface area contributed by atoms with Gasteiger partial charge in [-0.1, -0.05) is 53.8 Å². The Morgan fingerprint density at radius 1 is 1.02 bits per heavy atom. The molecule has 0 aliphatic carbocycles. The number of aromatic nitrogens is 2. The number of morpholine rings is 1. The first-order chi connectivity index (χ1) is 25.7. The summed E-state index contributed by atoms with van der Waals surface area (Å²) in [5.41, 5.74) is 3.15. The van der Waals surface area contributed by atoms with E-state index < -0.39 is 23.9 Å². The number of ether oxygens (including phenoxy) is 1. The van der Waals surface area contributed by atoms with E-state index in [1.165, 1.54) is 11.0 Å². The van der Waals surface area contributed by atoms with Crippen molar-refractivity contribution in [2.24, 2.45) is 0 Å². The minimum atomic E-state index is -0.989. The van der Waals surface area contributed by atoms with E-state index in [-0.39, 0.29) is 38.0 Å². The molecule has 2 fully saturated rings. The van der Waals surface area contributed by atoms with Gasteiger partial charge in [-0.2, -0.15) is 10.4 Å². The number of benzene rings is 3. The van der Waals surface area contributed by atoms with Crippen molar-refractivity contribution in [3.63, 3.8) is 0 Å². The highest BCUT2D eigenvalue weighted by Gasteiger charge is 2.38. The second kappa shape index (κ2) is 17.1. The Morgan fingerprint density at radius 3 is 2.51 bits per heavy atom. The first-order valence-corrected chi connectivity index (χ1v) is 17.6. The van der Waals surface area contributed by atoms with E-state index in [1.54, 1.807) is 64.3 Å². The van der Waals surface area contributed by atoms with Gasteiger partial charge < -0.3 is 35.2 Å². The predicted molar refractivity (Wildman–Crippen MR) is 199 cm³/mol. The molecule has 2 aliphatic heterocycles. The second-order valence-corrected chi connectivity index (χ2v) is 13.2. The average molecular weight is 735 g/mol. The zero-order valence-corrected chi connectivity index (χ0v) is 29.9. The monoisotopic (exact) mass is 734 g/mol. The molecule has 2 atom stereocenters. The molecule has 3 N–H and O–H groups in total. The summed E-state index contributed by atoms with van der Waals surface area (Å²) in [4.78, 5) is 46.5. The standard InChI is InChI=1S/C39H39ClN8O5/c1-45-18-20-46(21-19-45)39(52)43-36(28-6-3-2-4-7-28)38(51)48-22-23-53-26-33(48)37(50)42-31-13-9-27(10-14-31)8-11-29-25-47(17-5-16-41)44-35(29)32-24-30(40)12-15-34(32)49/h2-4,6-7,9-10,12-15,24-25,33,36,49H,5,17-23,26H2,1H3,(H,42,50)(H,43,52)/t33-,36+/m0/s1. The lowest BCUT2D eigenvalue weighted by molar-refractivity contribution is -0.148. The Labute approximate surface area is 312 Å². The van der Waals surface area contributed by atoms with Crippen LogP contribution in [0.5, 0.6) is 5.75 Å². The van der Waals surface area contributed by atoms with E-state index in [2.05, 4.69) is 38.5 Å². The third kappa shape index (κ3) is 9.15. The third-order valence-electron chi connectivity index (χ3n) is 9.07. The van der Waals surface area contributed by atoms with Crippen molar-refractivity contribution in [3.8, 4) is 34.9 Å². The number of aryl methyl sites for hydroxylation is 1. The number of anilines is 1. The molecule has 0 bridgehead atoms. The van der Waals surface area contributed by atoms with Crippen LogP contribution in [0.4, 0.5) is 10.5 Å². The number of rotatable bonds is 8. The summed E-state index contributed by atoms with van der Waals surface area (Å²) in [5.74, 6) is 5.39. The van der Waals surface area contributed by atoms with Gasteiger partial charge in [0.2, 0.25) is 5.91 Å². The summed E-state index contributed by atoms with van der Waals surface area (Å²) in [7, 11) is 2.00. The molecule has 2 aliphatic rings. The van der Waals surface area contributed by atoms with E-state index in [4.69, 9.17) is 21.6 Å². The molecule has 272 valence electrons. The van der Waals surface area contributed by atoms with Crippen LogP contribution >= 0.6 is 11.6 Å². The highest BCUT2D eigenvalue weighted by molar-refractivity contribution is 6.31. The molecule has 0 radical (unpaired) electrons. The molecule has 13 nitrogen and oxygen atoms in total. The van der Waals surface area contributed by atoms with E-state index in [0.717, 1.165) is 13.1 Å². The Kier molecular flexibility index (Phi) is 11.9. The molecule has 0 saturated carbocycles. The number of amides is 4. The first kappa shape index (κ1) is 36.9. The predicted octanol–water partition coefficient (Wildman–Crippen LogP) is 4.09. The van der Waals surface area contributed by atoms with Gasteiger partial charge in [0.15, 0.2) is 0 Å². The second-order valence-electron chi connectivity index (χ2n) is 12.7. The number of nitrogens with zero attached hydrogens (tertiary/aromatic N) is 6. The number of piperazine rings is 1. The molecule has 1 aromatic heterocycles. The van der Waals surface area contributed by atoms with Crippen LogP contribution in [0.25, 0.3) is 11.3 Å². The zero-order chi connectivity index (χ0) is 37.3. The number of phenols is 1. The van der Waals surface area contributed by atoms with Crippen LogP contribution in [-0.4, -0.2) is 106 Å². The maximum absolute atomic E-state index is 14.2. The smallest absolute Gasteiger partial charge is 0.318 e. The number of likely N-dealkylation sites (N-methyl/N-ethyl adjacent to an activating group) is 1. The maximum atomic E-state index is 14.2. The lowest BCUT2D eigenvalue weighted by Crippen LogP contribution is -2.58. The minimum Gasteiger partial charge on any atom is -0.507 e. The summed E-state index contributed by atoms with van der Waals surface area (Å²) in [6.07, 6.45) is 1.97. The number of hydrogen-bond donors (Lipinski definition) is 3. The van der Waals surface area contributed by atoms with Gasteiger partial charge in [0.05, 0.1) is 37.8 Å². The van der Waals surface area contributed by atoms with Crippen LogP contribution in [0.2, 0.25) is 5.02 Å². The lowest BCUT2D eigenvalue weighted by Gasteiger charge is -2.38. The highest BCUT2D eigenvalue weighted by atomic mass is 35.5. The van der Waals surface area contributed by atoms with Gasteiger partial charge in [-0.25, -0.2) is 4.79 Å². The molecule has 0 unspecified atom stereocenters. The molecular weight excluding hydrogens is 696 g/mol. The Bertz CT molecular complexity index is 2050. The van der Waals surface area contributed by atoms with Crippen molar-refractivity contribution in [2.45, 2.75) is 25.0 Å². The summed E-state index contributed by atoms with van der Waals surface area (Å²) < 4.78 is 7.25. The summed E-state index contributed by atoms with van der Waals surface area (Å²) in [6.45, 7) is 3.37. The molecule has 53 heavy (non-hydrogen) atoms. The minimum absolute atomic E-state index is 0.00160.